The van der Waals surface area contributed by atoms with E-state index in [0.717, 1.165) is 45.0 Å². The number of benzene rings is 3. The monoisotopic (exact) mass is 824 g/mol. The molecule has 0 spiro atoms. The van der Waals surface area contributed by atoms with Crippen molar-refractivity contribution in [3.8, 4) is 28.4 Å². The summed E-state index contributed by atoms with van der Waals surface area (Å²) >= 11 is 0. The first-order valence-electron chi connectivity index (χ1n) is 20.2. The molecule has 3 aromatic carbocycles. The predicted octanol–water partition coefficient (Wildman–Crippen LogP) is 6.30. The van der Waals surface area contributed by atoms with Gasteiger partial charge < -0.3 is 20.3 Å². The van der Waals surface area contributed by atoms with Crippen molar-refractivity contribution in [1.29, 1.82) is 0 Å². The van der Waals surface area contributed by atoms with E-state index in [1.54, 1.807) is 35.2 Å². The van der Waals surface area contributed by atoms with Crippen LogP contribution in [-0.2, 0) is 6.18 Å². The second-order valence-electron chi connectivity index (χ2n) is 15.9. The van der Waals surface area contributed by atoms with Crippen LogP contribution in [0.15, 0.2) is 101 Å². The highest BCUT2D eigenvalue weighted by atomic mass is 19.4. The smallest absolute Gasteiger partial charge is 0.418 e. The van der Waals surface area contributed by atoms with Gasteiger partial charge in [0, 0.05) is 49.5 Å². The van der Waals surface area contributed by atoms with Crippen LogP contribution in [-0.4, -0.2) is 97.1 Å². The van der Waals surface area contributed by atoms with Crippen LogP contribution in [0.25, 0.3) is 28.1 Å². The van der Waals surface area contributed by atoms with Crippen molar-refractivity contribution in [2.45, 2.75) is 50.1 Å². The zero-order valence-electron chi connectivity index (χ0n) is 32.6. The number of nitrogens with one attached hydrogen (secondary N) is 1. The lowest BCUT2D eigenvalue weighted by Crippen LogP contribution is -2.61. The maximum atomic E-state index is 16.2. The van der Waals surface area contributed by atoms with Crippen LogP contribution in [0.1, 0.15) is 37.3 Å². The number of nitrogen functional groups attached to an aromatic ring is 1. The second kappa shape index (κ2) is 16.2. The maximum Gasteiger partial charge on any atom is 0.418 e. The lowest BCUT2D eigenvalue weighted by molar-refractivity contribution is -0.137. The Kier molecular flexibility index (Phi) is 10.6. The first-order valence-corrected chi connectivity index (χ1v) is 20.2. The number of aromatic nitrogens is 6. The second-order valence-corrected chi connectivity index (χ2v) is 15.9. The summed E-state index contributed by atoms with van der Waals surface area (Å²) < 4.78 is 67.5. The molecule has 3 aromatic heterocycles. The van der Waals surface area contributed by atoms with Gasteiger partial charge in [-0.3, -0.25) is 18.8 Å². The van der Waals surface area contributed by atoms with Crippen LogP contribution in [0.2, 0.25) is 0 Å². The molecule has 9 rings (SSSR count). The molecule has 0 aliphatic carbocycles. The number of nitrogens with zero attached hydrogens (tertiary/aromatic N) is 8. The third kappa shape index (κ3) is 7.86. The van der Waals surface area contributed by atoms with Crippen LogP contribution >= 0.6 is 0 Å². The number of hydrogen-bond acceptors (Lipinski definition) is 10. The Bertz CT molecular complexity index is 2560. The van der Waals surface area contributed by atoms with Gasteiger partial charge in [-0.15, -0.1) is 0 Å². The number of fused-ring (bicyclic) bond motifs is 1. The molecule has 0 amide bonds. The molecular formula is C43H44F4N10O3. The number of ether oxygens (including phenoxy) is 1. The molecule has 17 heteroatoms. The Morgan fingerprint density at radius 2 is 1.60 bits per heavy atom. The minimum Gasteiger partial charge on any atom is -0.457 e. The molecule has 0 unspecified atom stereocenters. The van der Waals surface area contributed by atoms with Crippen LogP contribution in [0.4, 0.5) is 29.1 Å². The minimum absolute atomic E-state index is 0.123. The molecule has 0 saturated carbocycles. The van der Waals surface area contributed by atoms with Gasteiger partial charge in [-0.05, 0) is 106 Å². The van der Waals surface area contributed by atoms with Crippen molar-refractivity contribution < 1.29 is 22.3 Å². The Labute approximate surface area is 342 Å². The molecule has 3 N–H and O–H groups in total. The Balaban J connectivity index is 0.785. The molecule has 0 bridgehead atoms. The van der Waals surface area contributed by atoms with Gasteiger partial charge in [-0.1, -0.05) is 24.3 Å². The normalized spacial score (nSPS) is 19.8. The number of nitrogens with two attached hydrogens (primary N) is 1. The van der Waals surface area contributed by atoms with Crippen molar-refractivity contribution in [2.24, 2.45) is 5.92 Å². The van der Waals surface area contributed by atoms with Crippen LogP contribution < -0.4 is 26.6 Å². The number of aromatic amines is 1. The summed E-state index contributed by atoms with van der Waals surface area (Å²) in [7, 11) is 0. The molecule has 6 heterocycles. The van der Waals surface area contributed by atoms with Crippen LogP contribution in [0.3, 0.4) is 0 Å². The van der Waals surface area contributed by atoms with E-state index < -0.39 is 35.2 Å². The fourth-order valence-corrected chi connectivity index (χ4v) is 8.90. The maximum absolute atomic E-state index is 16.2. The summed E-state index contributed by atoms with van der Waals surface area (Å²) in [5, 5.41) is 6.16. The molecule has 3 aliphatic rings. The number of hydrogen-bond donors (Lipinski definition) is 2. The fraction of sp³-hybridized carbons (Fsp3) is 0.372. The van der Waals surface area contributed by atoms with Gasteiger partial charge in [0.1, 0.15) is 29.5 Å². The topological polar surface area (TPSA) is 143 Å². The predicted molar refractivity (Wildman–Crippen MR) is 219 cm³/mol. The lowest BCUT2D eigenvalue weighted by Gasteiger charge is -2.49. The van der Waals surface area contributed by atoms with Crippen LogP contribution in [0, 0.1) is 5.92 Å². The van der Waals surface area contributed by atoms with Crippen molar-refractivity contribution in [2.75, 3.05) is 56.4 Å². The summed E-state index contributed by atoms with van der Waals surface area (Å²) in [6.07, 6.45) is -1.29. The largest absolute Gasteiger partial charge is 0.457 e. The van der Waals surface area contributed by atoms with E-state index in [4.69, 9.17) is 10.5 Å². The van der Waals surface area contributed by atoms with Crippen molar-refractivity contribution >= 4 is 22.7 Å². The number of anilines is 2. The lowest BCUT2D eigenvalue weighted by atomic mass is 9.90. The Morgan fingerprint density at radius 3 is 2.30 bits per heavy atom. The zero-order valence-corrected chi connectivity index (χ0v) is 32.6. The van der Waals surface area contributed by atoms with E-state index in [9.17, 15) is 22.8 Å². The van der Waals surface area contributed by atoms with Crippen molar-refractivity contribution in [3.63, 3.8) is 0 Å². The number of alkyl halides is 4. The van der Waals surface area contributed by atoms with E-state index in [-0.39, 0.29) is 35.3 Å². The van der Waals surface area contributed by atoms with Gasteiger partial charge in [-0.25, -0.2) is 24.3 Å². The molecule has 2 atom stereocenters. The first kappa shape index (κ1) is 39.4. The fourth-order valence-electron chi connectivity index (χ4n) is 8.90. The Hall–Kier alpha value is -6.07. The van der Waals surface area contributed by atoms with Gasteiger partial charge in [0.25, 0.3) is 5.56 Å². The minimum atomic E-state index is -4.55. The van der Waals surface area contributed by atoms with E-state index in [2.05, 4.69) is 30.0 Å². The highest BCUT2D eigenvalue weighted by Crippen LogP contribution is 2.41. The molecule has 312 valence electrons. The summed E-state index contributed by atoms with van der Waals surface area (Å²) in [4.78, 5) is 40.3. The van der Waals surface area contributed by atoms with Gasteiger partial charge in [0.05, 0.1) is 23.0 Å². The number of para-hydroxylation sites is 1. The number of imidazole rings is 1. The summed E-state index contributed by atoms with van der Waals surface area (Å²) in [5.74, 6) is 1.85. The number of piperidine rings is 2. The third-order valence-corrected chi connectivity index (χ3v) is 12.2. The zero-order chi connectivity index (χ0) is 41.5. The van der Waals surface area contributed by atoms with E-state index in [0.29, 0.717) is 60.3 Å². The van der Waals surface area contributed by atoms with Gasteiger partial charge in [-0.2, -0.15) is 18.3 Å². The third-order valence-electron chi connectivity index (χ3n) is 12.2. The molecule has 3 fully saturated rings. The van der Waals surface area contributed by atoms with Gasteiger partial charge in [0.15, 0.2) is 11.5 Å². The van der Waals surface area contributed by atoms with Crippen LogP contribution in [0.5, 0.6) is 11.5 Å². The summed E-state index contributed by atoms with van der Waals surface area (Å²) in [5.41, 5.74) is 6.56. The number of likely N-dealkylation sites (tertiary alicyclic amines) is 2. The Morgan fingerprint density at radius 1 is 0.850 bits per heavy atom. The molecule has 13 nitrogen and oxygen atoms in total. The first-order chi connectivity index (χ1) is 29.0. The number of rotatable bonds is 10. The van der Waals surface area contributed by atoms with Gasteiger partial charge in [0.2, 0.25) is 0 Å². The average molecular weight is 825 g/mol. The molecule has 6 aromatic rings. The number of H-pyrrole nitrogens is 1. The molecular weight excluding hydrogens is 781 g/mol. The quantitative estimate of drug-likeness (QED) is 0.151. The van der Waals surface area contributed by atoms with E-state index >= 15 is 4.39 Å². The molecule has 0 radical (unpaired) electrons. The molecule has 60 heavy (non-hydrogen) atoms. The average Bonchev–Trinajstić information content (AvgIpc) is 3.53. The summed E-state index contributed by atoms with van der Waals surface area (Å²) in [6.45, 7) is 4.29. The molecule has 3 aliphatic heterocycles. The highest BCUT2D eigenvalue weighted by Gasteiger charge is 2.41. The van der Waals surface area contributed by atoms with E-state index in [1.807, 2.05) is 30.3 Å². The van der Waals surface area contributed by atoms with Gasteiger partial charge >= 0.3 is 11.9 Å². The van der Waals surface area contributed by atoms with E-state index in [1.165, 1.54) is 33.7 Å². The number of halogens is 4. The highest BCUT2D eigenvalue weighted by molar-refractivity contribution is 5.84. The standard InChI is InChI=1S/C43H44F4N10O3/c44-34-25-53(19-17-37(34)57-41-39(40(48)49-26-50-41)56(42(57)59)29-7-9-32(10-8-29)60-31-4-2-1-3-5-31)18-14-27-15-20-54(21-16-27)30-23-55(24-30)36-12-6-28(22-33(36)43(45,46)47)35-11-13-38(58)52-51-35/h1-13,22,26-27,30,34,37H,14-21,23-25H2,(H,52,58)(H2,48,49,50)/t34-,37-/m1/s1. The summed E-state index contributed by atoms with van der Waals surface area (Å²) in [6, 6.07) is 22.6. The van der Waals surface area contributed by atoms with Crippen molar-refractivity contribution in [1.82, 2.24) is 39.1 Å². The van der Waals surface area contributed by atoms with Crippen molar-refractivity contribution in [3.05, 3.63) is 118 Å². The SMILES string of the molecule is Nc1ncnc2c1n(-c1ccc(Oc3ccccc3)cc1)c(=O)n2[C@@H]1CCN(CCC2CCN(C3CN(c4ccc(-c5ccc(=O)[nH]n5)cc4C(F)(F)F)C3)CC2)C[C@H]1F. The molecule has 3 saturated heterocycles.